The number of hydrogen-bond donors (Lipinski definition) is 2. The van der Waals surface area contributed by atoms with E-state index in [1.54, 1.807) is 11.9 Å². The zero-order valence-corrected chi connectivity index (χ0v) is 13.2. The molecule has 116 valence electrons. The number of nitrogens with one attached hydrogen (secondary N) is 2. The summed E-state index contributed by atoms with van der Waals surface area (Å²) in [5, 5.41) is 6.41. The Hall–Kier alpha value is -1.35. The average molecular weight is 309 g/mol. The molecule has 0 aromatic heterocycles. The Morgan fingerprint density at radius 1 is 1.48 bits per heavy atom. The first-order valence-electron chi connectivity index (χ1n) is 7.48. The van der Waals surface area contributed by atoms with Crippen LogP contribution < -0.4 is 10.6 Å². The van der Waals surface area contributed by atoms with E-state index in [9.17, 15) is 9.59 Å². The van der Waals surface area contributed by atoms with Gasteiger partial charge in [0.1, 0.15) is 0 Å². The molecule has 2 heterocycles. The minimum Gasteiger partial charge on any atom is -0.345 e. The van der Waals surface area contributed by atoms with Crippen molar-refractivity contribution in [3.05, 3.63) is 0 Å². The van der Waals surface area contributed by atoms with Crippen LogP contribution in [0.4, 0.5) is 4.79 Å². The molecule has 3 atom stereocenters. The molecule has 0 radical (unpaired) electrons. The SMILES string of the molecule is C#CCCN(C)C(=O)CCCC[C@@H]1SC[C@@H]2NC(=O)N[C@@H]21. The molecule has 5 nitrogen and oxygen atoms in total. The van der Waals surface area contributed by atoms with Crippen molar-refractivity contribution < 1.29 is 9.59 Å². The third-order valence-electron chi connectivity index (χ3n) is 4.08. The average Bonchev–Trinajstić information content (AvgIpc) is 3.00. The van der Waals surface area contributed by atoms with Crippen molar-refractivity contribution in [3.63, 3.8) is 0 Å². The molecule has 0 aromatic carbocycles. The highest BCUT2D eigenvalue weighted by atomic mass is 32.2. The molecule has 2 aliphatic heterocycles. The van der Waals surface area contributed by atoms with Crippen molar-refractivity contribution >= 4 is 23.7 Å². The fourth-order valence-corrected chi connectivity index (χ4v) is 4.36. The van der Waals surface area contributed by atoms with Gasteiger partial charge in [-0.15, -0.1) is 12.3 Å². The minimum absolute atomic E-state index is 0.0411. The lowest BCUT2D eigenvalue weighted by atomic mass is 10.0. The number of thioether (sulfide) groups is 1. The molecule has 3 amide bonds. The molecule has 0 aromatic rings. The third-order valence-corrected chi connectivity index (χ3v) is 5.59. The molecule has 21 heavy (non-hydrogen) atoms. The number of terminal acetylenes is 1. The largest absolute Gasteiger partial charge is 0.345 e. The Morgan fingerprint density at radius 3 is 3.05 bits per heavy atom. The molecule has 0 saturated carbocycles. The smallest absolute Gasteiger partial charge is 0.315 e. The van der Waals surface area contributed by atoms with Crippen LogP contribution in [0.1, 0.15) is 32.1 Å². The fraction of sp³-hybridized carbons (Fsp3) is 0.733. The molecule has 2 aliphatic rings. The number of rotatable bonds is 7. The molecule has 0 aliphatic carbocycles. The molecule has 2 saturated heterocycles. The van der Waals surface area contributed by atoms with Crippen LogP contribution in [0.25, 0.3) is 0 Å². The van der Waals surface area contributed by atoms with Gasteiger partial charge in [0.2, 0.25) is 5.91 Å². The standard InChI is InChI=1S/C15H23N3O2S/c1-3-4-9-18(2)13(19)8-6-5-7-12-14-11(10-21-12)16-15(20)17-14/h1,11-12,14H,4-10H2,2H3,(H2,16,17,20)/t11-,12-,14-/m0/s1. The van der Waals surface area contributed by atoms with Gasteiger partial charge < -0.3 is 15.5 Å². The molecule has 0 spiro atoms. The summed E-state index contributed by atoms with van der Waals surface area (Å²) in [5.41, 5.74) is 0. The topological polar surface area (TPSA) is 61.4 Å². The fourth-order valence-electron chi connectivity index (χ4n) is 2.81. The minimum atomic E-state index is -0.0411. The van der Waals surface area contributed by atoms with Crippen molar-refractivity contribution in [2.75, 3.05) is 19.3 Å². The predicted octanol–water partition coefficient (Wildman–Crippen LogP) is 1.19. The second kappa shape index (κ2) is 7.60. The van der Waals surface area contributed by atoms with Crippen molar-refractivity contribution in [2.24, 2.45) is 0 Å². The Balaban J connectivity index is 1.61. The molecule has 0 bridgehead atoms. The number of carbonyl (C=O) groups excluding carboxylic acids is 2. The van der Waals surface area contributed by atoms with Gasteiger partial charge in [0, 0.05) is 37.4 Å². The second-order valence-electron chi connectivity index (χ2n) is 5.64. The van der Waals surface area contributed by atoms with Crippen molar-refractivity contribution in [1.82, 2.24) is 15.5 Å². The number of carbonyl (C=O) groups is 2. The maximum Gasteiger partial charge on any atom is 0.315 e. The zero-order valence-electron chi connectivity index (χ0n) is 12.4. The van der Waals surface area contributed by atoms with Gasteiger partial charge in [0.25, 0.3) is 0 Å². The van der Waals surface area contributed by atoms with Gasteiger partial charge in [-0.2, -0.15) is 11.8 Å². The lowest BCUT2D eigenvalue weighted by Crippen LogP contribution is -2.36. The molecular weight excluding hydrogens is 286 g/mol. The first-order chi connectivity index (χ1) is 10.1. The Morgan fingerprint density at radius 2 is 2.29 bits per heavy atom. The Kier molecular flexibility index (Phi) is 5.80. The van der Waals surface area contributed by atoms with Crippen LogP contribution in [0.5, 0.6) is 0 Å². The summed E-state index contributed by atoms with van der Waals surface area (Å²) in [6.45, 7) is 0.634. The highest BCUT2D eigenvalue weighted by molar-refractivity contribution is 8.00. The Bertz CT molecular complexity index is 435. The third kappa shape index (κ3) is 4.31. The predicted molar refractivity (Wildman–Crippen MR) is 85.0 cm³/mol. The molecule has 2 fully saturated rings. The first kappa shape index (κ1) is 16.0. The number of nitrogens with zero attached hydrogens (tertiary/aromatic N) is 1. The number of amides is 3. The molecule has 2 rings (SSSR count). The first-order valence-corrected chi connectivity index (χ1v) is 8.52. The highest BCUT2D eigenvalue weighted by Gasteiger charge is 2.42. The quantitative estimate of drug-likeness (QED) is 0.422. The van der Waals surface area contributed by atoms with Gasteiger partial charge >= 0.3 is 6.03 Å². The van der Waals surface area contributed by atoms with Gasteiger partial charge in [-0.05, 0) is 12.8 Å². The van der Waals surface area contributed by atoms with Crippen LogP contribution in [0.2, 0.25) is 0 Å². The maximum absolute atomic E-state index is 11.9. The normalized spacial score (nSPS) is 26.7. The van der Waals surface area contributed by atoms with E-state index in [-0.39, 0.29) is 24.0 Å². The summed E-state index contributed by atoms with van der Waals surface area (Å²) in [6.07, 6.45) is 9.35. The van der Waals surface area contributed by atoms with Gasteiger partial charge in [-0.1, -0.05) is 6.42 Å². The van der Waals surface area contributed by atoms with Gasteiger partial charge in [-0.3, -0.25) is 4.79 Å². The van der Waals surface area contributed by atoms with E-state index in [4.69, 9.17) is 6.42 Å². The van der Waals surface area contributed by atoms with E-state index in [0.29, 0.717) is 24.6 Å². The van der Waals surface area contributed by atoms with Crippen molar-refractivity contribution in [3.8, 4) is 12.3 Å². The van der Waals surface area contributed by atoms with Crippen LogP contribution in [-0.2, 0) is 4.79 Å². The van der Waals surface area contributed by atoms with Crippen LogP contribution in [0.15, 0.2) is 0 Å². The summed E-state index contributed by atoms with van der Waals surface area (Å²) in [6, 6.07) is 0.501. The zero-order chi connectivity index (χ0) is 15.2. The van der Waals surface area contributed by atoms with Crippen LogP contribution in [0, 0.1) is 12.3 Å². The molecule has 0 unspecified atom stereocenters. The van der Waals surface area contributed by atoms with E-state index in [1.165, 1.54) is 0 Å². The van der Waals surface area contributed by atoms with Crippen LogP contribution in [0.3, 0.4) is 0 Å². The van der Waals surface area contributed by atoms with Gasteiger partial charge in [0.05, 0.1) is 12.1 Å². The van der Waals surface area contributed by atoms with Gasteiger partial charge in [-0.25, -0.2) is 4.79 Å². The van der Waals surface area contributed by atoms with Crippen molar-refractivity contribution in [1.29, 1.82) is 0 Å². The lowest BCUT2D eigenvalue weighted by molar-refractivity contribution is -0.129. The Labute approximate surface area is 130 Å². The summed E-state index contributed by atoms with van der Waals surface area (Å²) in [5.74, 6) is 3.70. The van der Waals surface area contributed by atoms with E-state index in [0.717, 1.165) is 25.0 Å². The summed E-state index contributed by atoms with van der Waals surface area (Å²) in [7, 11) is 1.80. The van der Waals surface area contributed by atoms with Gasteiger partial charge in [0.15, 0.2) is 0 Å². The maximum atomic E-state index is 11.9. The molecular formula is C15H23N3O2S. The summed E-state index contributed by atoms with van der Waals surface area (Å²) in [4.78, 5) is 24.9. The molecule has 2 N–H and O–H groups in total. The monoisotopic (exact) mass is 309 g/mol. The second-order valence-corrected chi connectivity index (χ2v) is 6.91. The number of urea groups is 1. The lowest BCUT2D eigenvalue weighted by Gasteiger charge is -2.18. The van der Waals surface area contributed by atoms with Crippen LogP contribution in [-0.4, -0.2) is 53.5 Å². The van der Waals surface area contributed by atoms with E-state index in [2.05, 4.69) is 16.6 Å². The van der Waals surface area contributed by atoms with E-state index >= 15 is 0 Å². The number of unbranched alkanes of at least 4 members (excludes halogenated alkanes) is 1. The summed E-state index contributed by atoms with van der Waals surface area (Å²) < 4.78 is 0. The van der Waals surface area contributed by atoms with Crippen molar-refractivity contribution in [2.45, 2.75) is 49.4 Å². The summed E-state index contributed by atoms with van der Waals surface area (Å²) >= 11 is 1.92. The highest BCUT2D eigenvalue weighted by Crippen LogP contribution is 2.33. The number of fused-ring (bicyclic) bond motifs is 1. The van der Waals surface area contributed by atoms with Crippen LogP contribution >= 0.6 is 11.8 Å². The number of hydrogen-bond acceptors (Lipinski definition) is 3. The van der Waals surface area contributed by atoms with E-state index in [1.807, 2.05) is 11.8 Å². The molecule has 6 heteroatoms. The van der Waals surface area contributed by atoms with E-state index < -0.39 is 0 Å².